The lowest BCUT2D eigenvalue weighted by molar-refractivity contribution is -0.0857. The molecule has 1 heterocycles. The van der Waals surface area contributed by atoms with Gasteiger partial charge in [0.1, 0.15) is 0 Å². The second-order valence-corrected chi connectivity index (χ2v) is 3.54. The second kappa shape index (κ2) is 4.52. The molecule has 0 unspecified atom stereocenters. The first-order valence-electron chi connectivity index (χ1n) is 4.98. The van der Waals surface area contributed by atoms with Crippen molar-refractivity contribution in [1.29, 1.82) is 5.41 Å². The van der Waals surface area contributed by atoms with Gasteiger partial charge in [0.2, 0.25) is 0 Å². The first-order chi connectivity index (χ1) is 8.50. The number of fused-ring (bicyclic) bond motifs is 1. The zero-order chi connectivity index (χ0) is 13.2. The van der Waals surface area contributed by atoms with E-state index >= 15 is 0 Å². The summed E-state index contributed by atoms with van der Waals surface area (Å²) in [5, 5.41) is 16.7. The first-order valence-corrected chi connectivity index (χ1v) is 4.98. The summed E-state index contributed by atoms with van der Waals surface area (Å²) in [6.45, 7) is 0. The van der Waals surface area contributed by atoms with Crippen LogP contribution in [-0.2, 0) is 0 Å². The standard InChI is InChI=1S/C11H9F3N4/c12-11(13,14)8(4-15)6-16-9-2-1-7-5-17-18-10(7)3-9/h1-6,15-16H,(H,17,18)/b8-6+,15-4?. The number of alkyl halides is 3. The van der Waals surface area contributed by atoms with E-state index in [1.807, 2.05) is 0 Å². The summed E-state index contributed by atoms with van der Waals surface area (Å²) in [5.41, 5.74) is 0.0691. The van der Waals surface area contributed by atoms with E-state index in [1.165, 1.54) is 0 Å². The molecule has 2 rings (SSSR count). The lowest BCUT2D eigenvalue weighted by Crippen LogP contribution is -2.14. The molecule has 0 spiro atoms. The number of rotatable bonds is 3. The van der Waals surface area contributed by atoms with Gasteiger partial charge in [-0.3, -0.25) is 5.10 Å². The third kappa shape index (κ3) is 2.50. The fourth-order valence-electron chi connectivity index (χ4n) is 1.39. The minimum Gasteiger partial charge on any atom is -0.361 e. The Morgan fingerprint density at radius 2 is 2.17 bits per heavy atom. The number of hydrogen-bond donors (Lipinski definition) is 3. The largest absolute Gasteiger partial charge is 0.419 e. The van der Waals surface area contributed by atoms with Gasteiger partial charge >= 0.3 is 6.18 Å². The molecular formula is C11H9F3N4. The number of halogens is 3. The average Bonchev–Trinajstić information content (AvgIpc) is 2.75. The number of hydrogen-bond acceptors (Lipinski definition) is 3. The molecule has 3 N–H and O–H groups in total. The first kappa shape index (κ1) is 12.2. The maximum atomic E-state index is 12.3. The molecule has 94 valence electrons. The van der Waals surface area contributed by atoms with Crippen LogP contribution in [0.25, 0.3) is 10.9 Å². The lowest BCUT2D eigenvalue weighted by atomic mass is 10.2. The van der Waals surface area contributed by atoms with E-state index in [0.717, 1.165) is 11.6 Å². The van der Waals surface area contributed by atoms with Crippen molar-refractivity contribution in [2.75, 3.05) is 5.32 Å². The zero-order valence-corrected chi connectivity index (χ0v) is 9.05. The maximum absolute atomic E-state index is 12.3. The van der Waals surface area contributed by atoms with Crippen LogP contribution in [0, 0.1) is 5.41 Å². The predicted octanol–water partition coefficient (Wildman–Crippen LogP) is 3.07. The molecule has 0 saturated carbocycles. The Morgan fingerprint density at radius 3 is 2.83 bits per heavy atom. The summed E-state index contributed by atoms with van der Waals surface area (Å²) in [6, 6.07) is 4.97. The number of nitrogens with one attached hydrogen (secondary N) is 3. The Hall–Kier alpha value is -2.31. The molecule has 0 aliphatic heterocycles. The molecule has 1 aromatic carbocycles. The van der Waals surface area contributed by atoms with Crippen LogP contribution < -0.4 is 5.32 Å². The molecule has 7 heteroatoms. The van der Waals surface area contributed by atoms with Crippen LogP contribution in [-0.4, -0.2) is 22.6 Å². The molecule has 1 aromatic heterocycles. The molecule has 0 amide bonds. The average molecular weight is 254 g/mol. The Morgan fingerprint density at radius 1 is 1.39 bits per heavy atom. The molecule has 0 bridgehead atoms. The van der Waals surface area contributed by atoms with Crippen LogP contribution in [0.15, 0.2) is 36.2 Å². The summed E-state index contributed by atoms with van der Waals surface area (Å²) in [5.74, 6) is 0. The molecule has 0 saturated heterocycles. The quantitative estimate of drug-likeness (QED) is 0.737. The molecule has 2 aromatic rings. The number of benzene rings is 1. The molecule has 0 aliphatic rings. The molecule has 0 aliphatic carbocycles. The van der Waals surface area contributed by atoms with Crippen LogP contribution in [0.1, 0.15) is 0 Å². The number of aromatic nitrogens is 2. The van der Waals surface area contributed by atoms with Gasteiger partial charge in [0.25, 0.3) is 0 Å². The van der Waals surface area contributed by atoms with Crippen molar-refractivity contribution in [3.63, 3.8) is 0 Å². The summed E-state index contributed by atoms with van der Waals surface area (Å²) in [7, 11) is 0. The Labute approximate surface area is 100 Å². The molecule has 0 atom stereocenters. The van der Waals surface area contributed by atoms with Crippen LogP contribution in [0.4, 0.5) is 18.9 Å². The second-order valence-electron chi connectivity index (χ2n) is 3.54. The highest BCUT2D eigenvalue weighted by Gasteiger charge is 2.32. The van der Waals surface area contributed by atoms with Gasteiger partial charge in [-0.25, -0.2) is 0 Å². The van der Waals surface area contributed by atoms with Gasteiger partial charge in [0, 0.05) is 29.7 Å². The Balaban J connectivity index is 2.23. The smallest absolute Gasteiger partial charge is 0.361 e. The lowest BCUT2D eigenvalue weighted by Gasteiger charge is -2.07. The van der Waals surface area contributed by atoms with E-state index in [2.05, 4.69) is 15.5 Å². The van der Waals surface area contributed by atoms with Crippen molar-refractivity contribution < 1.29 is 13.2 Å². The zero-order valence-electron chi connectivity index (χ0n) is 9.05. The summed E-state index contributed by atoms with van der Waals surface area (Å²) in [4.78, 5) is 0. The van der Waals surface area contributed by atoms with E-state index < -0.39 is 11.7 Å². The van der Waals surface area contributed by atoms with Crippen LogP contribution in [0.2, 0.25) is 0 Å². The summed E-state index contributed by atoms with van der Waals surface area (Å²) >= 11 is 0. The van der Waals surface area contributed by atoms with E-state index in [9.17, 15) is 13.2 Å². The molecule has 18 heavy (non-hydrogen) atoms. The van der Waals surface area contributed by atoms with Crippen LogP contribution >= 0.6 is 0 Å². The third-order valence-electron chi connectivity index (χ3n) is 2.31. The topological polar surface area (TPSA) is 64.6 Å². The van der Waals surface area contributed by atoms with Gasteiger partial charge in [-0.05, 0) is 18.2 Å². The van der Waals surface area contributed by atoms with Crippen LogP contribution in [0.3, 0.4) is 0 Å². The van der Waals surface area contributed by atoms with Crippen molar-refractivity contribution in [3.05, 3.63) is 36.2 Å². The van der Waals surface area contributed by atoms with Crippen molar-refractivity contribution in [2.45, 2.75) is 6.18 Å². The van der Waals surface area contributed by atoms with E-state index in [1.54, 1.807) is 24.4 Å². The fourth-order valence-corrected chi connectivity index (χ4v) is 1.39. The van der Waals surface area contributed by atoms with E-state index in [-0.39, 0.29) is 6.21 Å². The predicted molar refractivity (Wildman–Crippen MR) is 62.6 cm³/mol. The summed E-state index contributed by atoms with van der Waals surface area (Å²) in [6.07, 6.45) is -1.83. The minimum absolute atomic E-state index is 0.264. The highest BCUT2D eigenvalue weighted by Crippen LogP contribution is 2.24. The highest BCUT2D eigenvalue weighted by atomic mass is 19.4. The minimum atomic E-state index is -4.54. The SMILES string of the molecule is N=C/C(=C\Nc1ccc2c[nH]nc2c1)C(F)(F)F. The number of H-pyrrole nitrogens is 1. The van der Waals surface area contributed by atoms with Gasteiger partial charge in [0.15, 0.2) is 0 Å². The monoisotopic (exact) mass is 254 g/mol. The van der Waals surface area contributed by atoms with Gasteiger partial charge in [-0.15, -0.1) is 0 Å². The molecule has 4 nitrogen and oxygen atoms in total. The fraction of sp³-hybridized carbons (Fsp3) is 0.0909. The number of anilines is 1. The maximum Gasteiger partial charge on any atom is 0.419 e. The van der Waals surface area contributed by atoms with Gasteiger partial charge < -0.3 is 10.7 Å². The van der Waals surface area contributed by atoms with Crippen molar-refractivity contribution in [2.24, 2.45) is 0 Å². The van der Waals surface area contributed by atoms with Crippen molar-refractivity contribution in [3.8, 4) is 0 Å². The van der Waals surface area contributed by atoms with Crippen molar-refractivity contribution in [1.82, 2.24) is 10.2 Å². The molecule has 0 fully saturated rings. The third-order valence-corrected chi connectivity index (χ3v) is 2.31. The number of allylic oxidation sites excluding steroid dienone is 1. The van der Waals surface area contributed by atoms with Gasteiger partial charge in [-0.2, -0.15) is 18.3 Å². The van der Waals surface area contributed by atoms with Crippen molar-refractivity contribution >= 4 is 22.8 Å². The summed E-state index contributed by atoms with van der Waals surface area (Å²) < 4.78 is 37.0. The Kier molecular flexibility index (Phi) is 3.05. The molecular weight excluding hydrogens is 245 g/mol. The van der Waals surface area contributed by atoms with Gasteiger partial charge in [0.05, 0.1) is 11.1 Å². The normalized spacial score (nSPS) is 12.7. The Bertz CT molecular complexity index is 598. The molecule has 0 radical (unpaired) electrons. The number of nitrogens with zero attached hydrogens (tertiary/aromatic N) is 1. The van der Waals surface area contributed by atoms with Crippen LogP contribution in [0.5, 0.6) is 0 Å². The van der Waals surface area contributed by atoms with Gasteiger partial charge in [-0.1, -0.05) is 0 Å². The van der Waals surface area contributed by atoms with E-state index in [0.29, 0.717) is 11.2 Å². The number of aromatic amines is 1. The van der Waals surface area contributed by atoms with E-state index in [4.69, 9.17) is 5.41 Å². The highest BCUT2D eigenvalue weighted by molar-refractivity contribution is 5.82.